The SMILES string of the molecule is CCCC(C(=O)OCC)N(C)CC1CCCO1. The molecule has 1 aliphatic rings. The molecule has 2 atom stereocenters. The average molecular weight is 243 g/mol. The zero-order valence-electron chi connectivity index (χ0n) is 11.3. The maximum atomic E-state index is 11.8. The van der Waals surface area contributed by atoms with E-state index in [9.17, 15) is 4.79 Å². The van der Waals surface area contributed by atoms with E-state index in [4.69, 9.17) is 9.47 Å². The molecular weight excluding hydrogens is 218 g/mol. The van der Waals surface area contributed by atoms with Crippen LogP contribution in [0.25, 0.3) is 0 Å². The summed E-state index contributed by atoms with van der Waals surface area (Å²) in [5.74, 6) is -0.102. The van der Waals surface area contributed by atoms with Crippen LogP contribution in [0.5, 0.6) is 0 Å². The molecule has 1 heterocycles. The number of hydrogen-bond acceptors (Lipinski definition) is 4. The van der Waals surface area contributed by atoms with Crippen molar-refractivity contribution in [2.75, 3.05) is 26.8 Å². The lowest BCUT2D eigenvalue weighted by Gasteiger charge is -2.28. The van der Waals surface area contributed by atoms with Gasteiger partial charge in [0.05, 0.1) is 12.7 Å². The van der Waals surface area contributed by atoms with Gasteiger partial charge in [-0.3, -0.25) is 9.69 Å². The molecule has 0 spiro atoms. The lowest BCUT2D eigenvalue weighted by atomic mass is 10.1. The van der Waals surface area contributed by atoms with E-state index in [0.717, 1.165) is 38.8 Å². The molecule has 4 nitrogen and oxygen atoms in total. The van der Waals surface area contributed by atoms with Gasteiger partial charge < -0.3 is 9.47 Å². The normalized spacial score (nSPS) is 21.8. The molecule has 4 heteroatoms. The topological polar surface area (TPSA) is 38.8 Å². The van der Waals surface area contributed by atoms with Gasteiger partial charge in [-0.15, -0.1) is 0 Å². The molecule has 0 N–H and O–H groups in total. The second-order valence-corrected chi connectivity index (χ2v) is 4.63. The van der Waals surface area contributed by atoms with Gasteiger partial charge in [0.15, 0.2) is 0 Å². The first-order valence-electron chi connectivity index (χ1n) is 6.67. The predicted molar refractivity (Wildman–Crippen MR) is 66.9 cm³/mol. The van der Waals surface area contributed by atoms with Crippen LogP contribution in [-0.4, -0.2) is 49.8 Å². The van der Waals surface area contributed by atoms with E-state index in [1.54, 1.807) is 0 Å². The lowest BCUT2D eigenvalue weighted by Crippen LogP contribution is -2.43. The van der Waals surface area contributed by atoms with E-state index in [1.807, 2.05) is 14.0 Å². The van der Waals surface area contributed by atoms with Crippen LogP contribution in [0.1, 0.15) is 39.5 Å². The molecule has 2 unspecified atom stereocenters. The van der Waals surface area contributed by atoms with Crippen LogP contribution in [0.15, 0.2) is 0 Å². The quantitative estimate of drug-likeness (QED) is 0.639. The number of likely N-dealkylation sites (N-methyl/N-ethyl adjacent to an activating group) is 1. The molecular formula is C13H25NO3. The Morgan fingerprint density at radius 3 is 2.82 bits per heavy atom. The molecule has 0 aliphatic carbocycles. The maximum Gasteiger partial charge on any atom is 0.323 e. The molecule has 17 heavy (non-hydrogen) atoms. The first-order chi connectivity index (χ1) is 8.19. The van der Waals surface area contributed by atoms with Gasteiger partial charge >= 0.3 is 5.97 Å². The van der Waals surface area contributed by atoms with Gasteiger partial charge in [0.2, 0.25) is 0 Å². The smallest absolute Gasteiger partial charge is 0.323 e. The Bertz CT molecular complexity index is 227. The van der Waals surface area contributed by atoms with Gasteiger partial charge in [-0.05, 0) is 33.2 Å². The molecule has 1 fully saturated rings. The zero-order chi connectivity index (χ0) is 12.7. The van der Waals surface area contributed by atoms with Crippen molar-refractivity contribution in [3.63, 3.8) is 0 Å². The number of rotatable bonds is 7. The Kier molecular flexibility index (Phi) is 6.52. The third-order valence-electron chi connectivity index (χ3n) is 3.17. The number of nitrogens with zero attached hydrogens (tertiary/aromatic N) is 1. The summed E-state index contributed by atoms with van der Waals surface area (Å²) in [7, 11) is 1.99. The van der Waals surface area contributed by atoms with Crippen molar-refractivity contribution < 1.29 is 14.3 Å². The summed E-state index contributed by atoms with van der Waals surface area (Å²) in [4.78, 5) is 13.9. The van der Waals surface area contributed by atoms with Crippen LogP contribution in [0, 0.1) is 0 Å². The highest BCUT2D eigenvalue weighted by Crippen LogP contribution is 2.16. The second kappa shape index (κ2) is 7.67. The largest absolute Gasteiger partial charge is 0.465 e. The summed E-state index contributed by atoms with van der Waals surface area (Å²) in [6, 6.07) is -0.121. The first-order valence-corrected chi connectivity index (χ1v) is 6.67. The highest BCUT2D eigenvalue weighted by atomic mass is 16.5. The summed E-state index contributed by atoms with van der Waals surface area (Å²) >= 11 is 0. The summed E-state index contributed by atoms with van der Waals surface area (Å²) in [5.41, 5.74) is 0. The first kappa shape index (κ1) is 14.5. The number of carbonyl (C=O) groups excluding carboxylic acids is 1. The second-order valence-electron chi connectivity index (χ2n) is 4.63. The monoisotopic (exact) mass is 243 g/mol. The predicted octanol–water partition coefficient (Wildman–Crippen LogP) is 1.83. The van der Waals surface area contributed by atoms with Gasteiger partial charge in [0.1, 0.15) is 6.04 Å². The van der Waals surface area contributed by atoms with Crippen molar-refractivity contribution in [3.05, 3.63) is 0 Å². The van der Waals surface area contributed by atoms with Crippen molar-refractivity contribution >= 4 is 5.97 Å². The van der Waals surface area contributed by atoms with Crippen LogP contribution in [0.4, 0.5) is 0 Å². The van der Waals surface area contributed by atoms with E-state index in [2.05, 4.69) is 11.8 Å². The van der Waals surface area contributed by atoms with E-state index in [0.29, 0.717) is 6.61 Å². The van der Waals surface area contributed by atoms with Gasteiger partial charge in [-0.2, -0.15) is 0 Å². The maximum absolute atomic E-state index is 11.8. The fourth-order valence-corrected chi connectivity index (χ4v) is 2.27. The Balaban J connectivity index is 2.46. The number of ether oxygens (including phenoxy) is 2. The van der Waals surface area contributed by atoms with Crippen molar-refractivity contribution in [2.45, 2.75) is 51.7 Å². The molecule has 100 valence electrons. The molecule has 0 aromatic heterocycles. The molecule has 0 aromatic carbocycles. The van der Waals surface area contributed by atoms with Gasteiger partial charge in [-0.25, -0.2) is 0 Å². The van der Waals surface area contributed by atoms with Crippen LogP contribution < -0.4 is 0 Å². The Hall–Kier alpha value is -0.610. The van der Waals surface area contributed by atoms with E-state index < -0.39 is 0 Å². The van der Waals surface area contributed by atoms with Crippen molar-refractivity contribution in [2.24, 2.45) is 0 Å². The van der Waals surface area contributed by atoms with Crippen LogP contribution >= 0.6 is 0 Å². The van der Waals surface area contributed by atoms with Crippen molar-refractivity contribution in [1.29, 1.82) is 0 Å². The third kappa shape index (κ3) is 4.64. The minimum Gasteiger partial charge on any atom is -0.465 e. The van der Waals surface area contributed by atoms with E-state index >= 15 is 0 Å². The highest BCUT2D eigenvalue weighted by Gasteiger charge is 2.27. The van der Waals surface area contributed by atoms with Crippen molar-refractivity contribution in [3.8, 4) is 0 Å². The number of carbonyl (C=O) groups is 1. The lowest BCUT2D eigenvalue weighted by molar-refractivity contribution is -0.149. The van der Waals surface area contributed by atoms with Crippen LogP contribution in [0.3, 0.4) is 0 Å². The summed E-state index contributed by atoms with van der Waals surface area (Å²) < 4.78 is 10.7. The average Bonchev–Trinajstić information content (AvgIpc) is 2.78. The Morgan fingerprint density at radius 2 is 2.29 bits per heavy atom. The van der Waals surface area contributed by atoms with Gasteiger partial charge in [-0.1, -0.05) is 13.3 Å². The highest BCUT2D eigenvalue weighted by molar-refractivity contribution is 5.75. The van der Waals surface area contributed by atoms with Gasteiger partial charge in [0.25, 0.3) is 0 Å². The van der Waals surface area contributed by atoms with Crippen molar-refractivity contribution in [1.82, 2.24) is 4.90 Å². The zero-order valence-corrected chi connectivity index (χ0v) is 11.3. The van der Waals surface area contributed by atoms with Crippen LogP contribution in [-0.2, 0) is 14.3 Å². The molecule has 0 bridgehead atoms. The third-order valence-corrected chi connectivity index (χ3v) is 3.17. The molecule has 0 radical (unpaired) electrons. The fraction of sp³-hybridized carbons (Fsp3) is 0.923. The summed E-state index contributed by atoms with van der Waals surface area (Å²) in [5, 5.41) is 0. The number of hydrogen-bond donors (Lipinski definition) is 0. The molecule has 0 amide bonds. The number of esters is 1. The fourth-order valence-electron chi connectivity index (χ4n) is 2.27. The molecule has 1 rings (SSSR count). The van der Waals surface area contributed by atoms with Gasteiger partial charge in [0, 0.05) is 13.2 Å². The van der Waals surface area contributed by atoms with E-state index in [1.165, 1.54) is 0 Å². The minimum atomic E-state index is -0.121. The Morgan fingerprint density at radius 1 is 1.53 bits per heavy atom. The standard InChI is InChI=1S/C13H25NO3/c1-4-7-12(13(15)16-5-2)14(3)10-11-8-6-9-17-11/h11-12H,4-10H2,1-3H3. The summed E-state index contributed by atoms with van der Waals surface area (Å²) in [6.45, 7) is 6.07. The molecule has 1 aliphatic heterocycles. The van der Waals surface area contributed by atoms with E-state index in [-0.39, 0.29) is 18.1 Å². The molecule has 1 saturated heterocycles. The Labute approximate surface area is 104 Å². The molecule has 0 aromatic rings. The van der Waals surface area contributed by atoms with Crippen LogP contribution in [0.2, 0.25) is 0 Å². The molecule has 0 saturated carbocycles. The minimum absolute atomic E-state index is 0.102. The summed E-state index contributed by atoms with van der Waals surface area (Å²) in [6.07, 6.45) is 4.36.